The maximum Gasteiger partial charge on any atom is 0.420 e. The van der Waals surface area contributed by atoms with Crippen molar-refractivity contribution in [2.75, 3.05) is 18.0 Å². The molecule has 1 fully saturated rings. The van der Waals surface area contributed by atoms with Gasteiger partial charge in [0.05, 0.1) is 12.1 Å². The average Bonchev–Trinajstić information content (AvgIpc) is 3.29. The van der Waals surface area contributed by atoms with E-state index >= 15 is 0 Å². The van der Waals surface area contributed by atoms with Gasteiger partial charge in [-0.3, -0.25) is 9.36 Å². The second-order valence-corrected chi connectivity index (χ2v) is 6.68. The van der Waals surface area contributed by atoms with E-state index in [0.717, 1.165) is 24.6 Å². The maximum absolute atomic E-state index is 12.3. The Labute approximate surface area is 155 Å². The zero-order chi connectivity index (χ0) is 18.8. The molecular weight excluding hydrogens is 346 g/mol. The molecule has 2 aromatic heterocycles. The number of hydrogen-bond acceptors (Lipinski definition) is 6. The number of oxazole rings is 1. The number of fused-ring (bicyclic) bond motifs is 1. The number of nitrogens with zero attached hydrogens (tertiary/aromatic N) is 4. The highest BCUT2D eigenvalue weighted by Crippen LogP contribution is 2.18. The third-order valence-electron chi connectivity index (χ3n) is 4.64. The summed E-state index contributed by atoms with van der Waals surface area (Å²) in [6.45, 7) is 4.02. The summed E-state index contributed by atoms with van der Waals surface area (Å²) < 4.78 is 6.47. The fourth-order valence-corrected chi connectivity index (χ4v) is 3.34. The Morgan fingerprint density at radius 2 is 2.00 bits per heavy atom. The Bertz CT molecular complexity index is 1030. The molecule has 8 heteroatoms. The van der Waals surface area contributed by atoms with Gasteiger partial charge in [-0.15, -0.1) is 0 Å². The molecule has 0 atom stereocenters. The van der Waals surface area contributed by atoms with Crippen molar-refractivity contribution in [3.63, 3.8) is 0 Å². The van der Waals surface area contributed by atoms with Gasteiger partial charge in [-0.2, -0.15) is 0 Å². The van der Waals surface area contributed by atoms with Crippen LogP contribution in [0.1, 0.15) is 24.4 Å². The van der Waals surface area contributed by atoms with Gasteiger partial charge in [0.15, 0.2) is 5.58 Å². The largest absolute Gasteiger partial charge is 0.420 e. The molecule has 0 aliphatic carbocycles. The maximum atomic E-state index is 12.3. The third kappa shape index (κ3) is 3.69. The van der Waals surface area contributed by atoms with E-state index in [4.69, 9.17) is 4.42 Å². The molecule has 140 valence electrons. The van der Waals surface area contributed by atoms with E-state index in [1.807, 2.05) is 13.0 Å². The SMILES string of the molecule is Cc1cc(N2CCCC2)nc(CNC(=O)Cn2c(=O)oc3ccccc32)n1. The molecule has 3 heterocycles. The van der Waals surface area contributed by atoms with Gasteiger partial charge in [0.2, 0.25) is 5.91 Å². The standard InChI is InChI=1S/C19H21N5O3/c1-13-10-17(23-8-4-5-9-23)22-16(21-13)11-20-18(25)12-24-14-6-2-3-7-15(14)27-19(24)26/h2-3,6-7,10H,4-5,8-9,11-12H2,1H3,(H,20,25). The van der Waals surface area contributed by atoms with E-state index in [1.165, 1.54) is 17.4 Å². The second kappa shape index (κ2) is 7.22. The van der Waals surface area contributed by atoms with Crippen molar-refractivity contribution in [1.29, 1.82) is 0 Å². The number of anilines is 1. The molecule has 0 unspecified atom stereocenters. The van der Waals surface area contributed by atoms with Crippen molar-refractivity contribution in [1.82, 2.24) is 19.9 Å². The lowest BCUT2D eigenvalue weighted by Crippen LogP contribution is -2.31. The smallest absolute Gasteiger partial charge is 0.408 e. The minimum atomic E-state index is -0.547. The predicted molar refractivity (Wildman–Crippen MR) is 101 cm³/mol. The van der Waals surface area contributed by atoms with Gasteiger partial charge < -0.3 is 14.6 Å². The van der Waals surface area contributed by atoms with Crippen molar-refractivity contribution >= 4 is 22.8 Å². The highest BCUT2D eigenvalue weighted by Gasteiger charge is 2.16. The Morgan fingerprint density at radius 1 is 1.22 bits per heavy atom. The Balaban J connectivity index is 1.45. The number of carbonyl (C=O) groups is 1. The molecule has 27 heavy (non-hydrogen) atoms. The van der Waals surface area contributed by atoms with Crippen molar-refractivity contribution in [2.24, 2.45) is 0 Å². The number of hydrogen-bond donors (Lipinski definition) is 1. The molecule has 0 saturated carbocycles. The molecule has 1 aliphatic rings. The first-order chi connectivity index (χ1) is 13.1. The number of rotatable bonds is 5. The summed E-state index contributed by atoms with van der Waals surface area (Å²) in [5.74, 6) is 0.627. The average molecular weight is 367 g/mol. The summed E-state index contributed by atoms with van der Waals surface area (Å²) in [5.41, 5.74) is 1.93. The molecule has 3 aromatic rings. The summed E-state index contributed by atoms with van der Waals surface area (Å²) in [6.07, 6.45) is 2.34. The molecule has 1 N–H and O–H groups in total. The third-order valence-corrected chi connectivity index (χ3v) is 4.64. The van der Waals surface area contributed by atoms with Crippen LogP contribution in [0.25, 0.3) is 11.1 Å². The van der Waals surface area contributed by atoms with Crippen LogP contribution >= 0.6 is 0 Å². The van der Waals surface area contributed by atoms with Gasteiger partial charge >= 0.3 is 5.76 Å². The van der Waals surface area contributed by atoms with Crippen molar-refractivity contribution in [3.05, 3.63) is 52.4 Å². The molecule has 0 bridgehead atoms. The van der Waals surface area contributed by atoms with Crippen LogP contribution in [-0.2, 0) is 17.9 Å². The van der Waals surface area contributed by atoms with E-state index in [2.05, 4.69) is 20.2 Å². The van der Waals surface area contributed by atoms with Crippen LogP contribution in [0, 0.1) is 6.92 Å². The highest BCUT2D eigenvalue weighted by molar-refractivity contribution is 5.79. The number of nitrogens with one attached hydrogen (secondary N) is 1. The molecule has 0 spiro atoms. The summed E-state index contributed by atoms with van der Waals surface area (Å²) in [5, 5.41) is 2.79. The lowest BCUT2D eigenvalue weighted by atomic mass is 10.3. The van der Waals surface area contributed by atoms with Gasteiger partial charge in [-0.1, -0.05) is 12.1 Å². The fraction of sp³-hybridized carbons (Fsp3) is 0.368. The topological polar surface area (TPSA) is 93.3 Å². The normalized spacial score (nSPS) is 14.0. The number of aromatic nitrogens is 3. The fourth-order valence-electron chi connectivity index (χ4n) is 3.34. The number of benzene rings is 1. The van der Waals surface area contributed by atoms with Crippen molar-refractivity contribution in [2.45, 2.75) is 32.9 Å². The van der Waals surface area contributed by atoms with Crippen LogP contribution in [0.15, 0.2) is 39.5 Å². The van der Waals surface area contributed by atoms with E-state index < -0.39 is 5.76 Å². The van der Waals surface area contributed by atoms with E-state index in [1.54, 1.807) is 24.3 Å². The summed E-state index contributed by atoms with van der Waals surface area (Å²) >= 11 is 0. The zero-order valence-corrected chi connectivity index (χ0v) is 15.1. The number of carbonyl (C=O) groups excluding carboxylic acids is 1. The van der Waals surface area contributed by atoms with Gasteiger partial charge in [0, 0.05) is 24.8 Å². The molecule has 8 nitrogen and oxygen atoms in total. The summed E-state index contributed by atoms with van der Waals surface area (Å²) in [4.78, 5) is 35.5. The number of aryl methyl sites for hydroxylation is 1. The van der Waals surface area contributed by atoms with Crippen molar-refractivity contribution < 1.29 is 9.21 Å². The first-order valence-electron chi connectivity index (χ1n) is 9.05. The number of para-hydroxylation sites is 2. The summed E-state index contributed by atoms with van der Waals surface area (Å²) in [7, 11) is 0. The van der Waals surface area contributed by atoms with E-state index in [9.17, 15) is 9.59 Å². The highest BCUT2D eigenvalue weighted by atomic mass is 16.4. The predicted octanol–water partition coefficient (Wildman–Crippen LogP) is 1.61. The monoisotopic (exact) mass is 367 g/mol. The summed E-state index contributed by atoms with van der Waals surface area (Å²) in [6, 6.07) is 8.99. The first-order valence-corrected chi connectivity index (χ1v) is 9.05. The van der Waals surface area contributed by atoms with Crippen molar-refractivity contribution in [3.8, 4) is 0 Å². The van der Waals surface area contributed by atoms with Crippen LogP contribution in [-0.4, -0.2) is 33.5 Å². The van der Waals surface area contributed by atoms with Gasteiger partial charge in [-0.05, 0) is 31.9 Å². The first kappa shape index (κ1) is 17.3. The quantitative estimate of drug-likeness (QED) is 0.736. The van der Waals surface area contributed by atoms with Crippen LogP contribution in [0.5, 0.6) is 0 Å². The molecular formula is C19H21N5O3. The molecule has 1 amide bonds. The molecule has 1 aromatic carbocycles. The van der Waals surface area contributed by atoms with Gasteiger partial charge in [0.25, 0.3) is 0 Å². The van der Waals surface area contributed by atoms with E-state index in [-0.39, 0.29) is 19.0 Å². The molecule has 1 saturated heterocycles. The van der Waals surface area contributed by atoms with Gasteiger partial charge in [0.1, 0.15) is 18.2 Å². The van der Waals surface area contributed by atoms with Gasteiger partial charge in [-0.25, -0.2) is 14.8 Å². The Hall–Kier alpha value is -3.16. The lowest BCUT2D eigenvalue weighted by Gasteiger charge is -2.17. The molecule has 0 radical (unpaired) electrons. The van der Waals surface area contributed by atoms with E-state index in [0.29, 0.717) is 16.9 Å². The van der Waals surface area contributed by atoms with Crippen LogP contribution in [0.3, 0.4) is 0 Å². The minimum Gasteiger partial charge on any atom is -0.408 e. The van der Waals surface area contributed by atoms with Crippen LogP contribution in [0.4, 0.5) is 5.82 Å². The number of amides is 1. The zero-order valence-electron chi connectivity index (χ0n) is 15.1. The molecule has 1 aliphatic heterocycles. The Morgan fingerprint density at radius 3 is 2.81 bits per heavy atom. The second-order valence-electron chi connectivity index (χ2n) is 6.68. The minimum absolute atomic E-state index is 0.110. The van der Waals surface area contributed by atoms with Crippen LogP contribution < -0.4 is 16.0 Å². The Kier molecular flexibility index (Phi) is 4.62. The lowest BCUT2D eigenvalue weighted by molar-refractivity contribution is -0.121. The molecule has 4 rings (SSSR count). The van der Waals surface area contributed by atoms with Crippen LogP contribution in [0.2, 0.25) is 0 Å².